The van der Waals surface area contributed by atoms with Gasteiger partial charge in [-0.25, -0.2) is 0 Å². The predicted octanol–water partition coefficient (Wildman–Crippen LogP) is 2.53. The number of methoxy groups -OCH3 is 1. The molecule has 0 bridgehead atoms. The number of aryl methyl sites for hydroxylation is 1. The molecule has 3 nitrogen and oxygen atoms in total. The highest BCUT2D eigenvalue weighted by molar-refractivity contribution is 5.49. The van der Waals surface area contributed by atoms with Crippen LogP contribution in [0.1, 0.15) is 36.9 Å². The Kier molecular flexibility index (Phi) is 3.52. The summed E-state index contributed by atoms with van der Waals surface area (Å²) in [6.45, 7) is 2.86. The average molecular weight is 239 g/mol. The van der Waals surface area contributed by atoms with Crippen LogP contribution in [0.25, 0.3) is 0 Å². The highest BCUT2D eigenvalue weighted by atomic mass is 19.1. The van der Waals surface area contributed by atoms with Crippen molar-refractivity contribution in [2.45, 2.75) is 32.2 Å². The quantitative estimate of drug-likeness (QED) is 0.851. The summed E-state index contributed by atoms with van der Waals surface area (Å²) in [4.78, 5) is 0. The Hall–Kier alpha value is -1.29. The molecular weight excluding hydrogens is 221 g/mol. The maximum atomic E-state index is 14.0. The normalized spacial score (nSPS) is 19.6. The molecule has 1 aliphatic rings. The van der Waals surface area contributed by atoms with Crippen molar-refractivity contribution in [3.05, 3.63) is 23.0 Å². The van der Waals surface area contributed by atoms with E-state index in [2.05, 4.69) is 5.32 Å². The number of halogens is 1. The van der Waals surface area contributed by atoms with Crippen LogP contribution in [0.15, 0.2) is 6.07 Å². The van der Waals surface area contributed by atoms with Gasteiger partial charge in [-0.1, -0.05) is 6.92 Å². The summed E-state index contributed by atoms with van der Waals surface area (Å²) in [5, 5.41) is 13.2. The maximum absolute atomic E-state index is 14.0. The molecule has 0 saturated carbocycles. The second-order valence-corrected chi connectivity index (χ2v) is 4.32. The SMILES string of the molecule is CCc1cc(C2CCCN2)c(O)c(F)c1OC. The Morgan fingerprint density at radius 2 is 2.35 bits per heavy atom. The third-order valence-electron chi connectivity index (χ3n) is 3.32. The number of nitrogens with one attached hydrogen (secondary N) is 1. The summed E-state index contributed by atoms with van der Waals surface area (Å²) in [5.74, 6) is -0.763. The van der Waals surface area contributed by atoms with Gasteiger partial charge in [-0.15, -0.1) is 0 Å². The fourth-order valence-electron chi connectivity index (χ4n) is 2.40. The fraction of sp³-hybridized carbons (Fsp3) is 0.538. The molecule has 0 radical (unpaired) electrons. The molecule has 0 spiro atoms. The standard InChI is InChI=1S/C13H18FNO2/c1-3-8-7-9(10-5-4-6-15-10)12(16)11(14)13(8)17-2/h7,10,15-16H,3-6H2,1-2H3. The molecule has 2 rings (SSSR count). The summed E-state index contributed by atoms with van der Waals surface area (Å²) in [6.07, 6.45) is 2.67. The van der Waals surface area contributed by atoms with Gasteiger partial charge in [0.25, 0.3) is 0 Å². The lowest BCUT2D eigenvalue weighted by Crippen LogP contribution is -2.14. The van der Waals surface area contributed by atoms with Crippen LogP contribution in [0.4, 0.5) is 4.39 Å². The molecule has 1 atom stereocenters. The number of rotatable bonds is 3. The van der Waals surface area contributed by atoms with Crippen molar-refractivity contribution in [1.29, 1.82) is 0 Å². The molecule has 0 amide bonds. The average Bonchev–Trinajstić information content (AvgIpc) is 2.85. The number of ether oxygens (including phenoxy) is 1. The van der Waals surface area contributed by atoms with Crippen molar-refractivity contribution < 1.29 is 14.2 Å². The van der Waals surface area contributed by atoms with E-state index in [4.69, 9.17) is 4.74 Å². The molecule has 4 heteroatoms. The van der Waals surface area contributed by atoms with Gasteiger partial charge in [0.05, 0.1) is 7.11 Å². The van der Waals surface area contributed by atoms with E-state index in [9.17, 15) is 9.50 Å². The van der Waals surface area contributed by atoms with Crippen molar-refractivity contribution in [2.24, 2.45) is 0 Å². The number of benzene rings is 1. The van der Waals surface area contributed by atoms with Gasteiger partial charge in [-0.2, -0.15) is 4.39 Å². The summed E-state index contributed by atoms with van der Waals surface area (Å²) < 4.78 is 19.0. The largest absolute Gasteiger partial charge is 0.504 e. The van der Waals surface area contributed by atoms with E-state index in [0.29, 0.717) is 12.0 Å². The third kappa shape index (κ3) is 2.09. The van der Waals surface area contributed by atoms with Crippen LogP contribution in [-0.2, 0) is 6.42 Å². The first-order valence-electron chi connectivity index (χ1n) is 6.00. The molecule has 1 heterocycles. The minimum atomic E-state index is -0.643. The monoisotopic (exact) mass is 239 g/mol. The zero-order valence-corrected chi connectivity index (χ0v) is 10.2. The minimum Gasteiger partial charge on any atom is -0.504 e. The first-order valence-corrected chi connectivity index (χ1v) is 6.00. The first-order chi connectivity index (χ1) is 8.19. The molecule has 94 valence electrons. The lowest BCUT2D eigenvalue weighted by Gasteiger charge is -2.17. The highest BCUT2D eigenvalue weighted by Gasteiger charge is 2.25. The van der Waals surface area contributed by atoms with E-state index in [-0.39, 0.29) is 17.5 Å². The highest BCUT2D eigenvalue weighted by Crippen LogP contribution is 2.38. The van der Waals surface area contributed by atoms with Crippen LogP contribution in [0.2, 0.25) is 0 Å². The van der Waals surface area contributed by atoms with Gasteiger partial charge in [0.1, 0.15) is 0 Å². The molecule has 1 unspecified atom stereocenters. The topological polar surface area (TPSA) is 41.5 Å². The second-order valence-electron chi connectivity index (χ2n) is 4.32. The molecule has 1 aromatic carbocycles. The van der Waals surface area contributed by atoms with Crippen LogP contribution >= 0.6 is 0 Å². The Balaban J connectivity index is 2.49. The van der Waals surface area contributed by atoms with Gasteiger partial charge < -0.3 is 15.2 Å². The second kappa shape index (κ2) is 4.92. The molecule has 2 N–H and O–H groups in total. The maximum Gasteiger partial charge on any atom is 0.207 e. The molecule has 0 aromatic heterocycles. The summed E-state index contributed by atoms with van der Waals surface area (Å²) in [6, 6.07) is 1.90. The zero-order chi connectivity index (χ0) is 12.4. The lowest BCUT2D eigenvalue weighted by molar-refractivity contribution is 0.355. The van der Waals surface area contributed by atoms with Crippen molar-refractivity contribution in [3.63, 3.8) is 0 Å². The van der Waals surface area contributed by atoms with E-state index in [1.807, 2.05) is 13.0 Å². The van der Waals surface area contributed by atoms with Gasteiger partial charge in [0.2, 0.25) is 5.82 Å². The van der Waals surface area contributed by atoms with E-state index in [0.717, 1.165) is 24.9 Å². The zero-order valence-electron chi connectivity index (χ0n) is 10.2. The van der Waals surface area contributed by atoms with Crippen molar-refractivity contribution in [1.82, 2.24) is 5.32 Å². The number of aromatic hydroxyl groups is 1. The smallest absolute Gasteiger partial charge is 0.207 e. The van der Waals surface area contributed by atoms with Crippen LogP contribution in [0.3, 0.4) is 0 Å². The van der Waals surface area contributed by atoms with E-state index in [1.165, 1.54) is 7.11 Å². The van der Waals surface area contributed by atoms with Crippen molar-refractivity contribution in [3.8, 4) is 11.5 Å². The Labute approximate surface area is 101 Å². The first kappa shape index (κ1) is 12.2. The number of phenolic OH excluding ortho intramolecular Hbond substituents is 1. The van der Waals surface area contributed by atoms with Gasteiger partial charge in [0.15, 0.2) is 11.5 Å². The molecule has 1 saturated heterocycles. The van der Waals surface area contributed by atoms with Crippen LogP contribution in [0, 0.1) is 5.82 Å². The summed E-state index contributed by atoms with van der Waals surface area (Å²) in [5.41, 5.74) is 1.45. The van der Waals surface area contributed by atoms with E-state index < -0.39 is 5.82 Å². The molecule has 1 aromatic rings. The third-order valence-corrected chi connectivity index (χ3v) is 3.32. The van der Waals surface area contributed by atoms with Crippen molar-refractivity contribution in [2.75, 3.05) is 13.7 Å². The van der Waals surface area contributed by atoms with E-state index in [1.54, 1.807) is 0 Å². The summed E-state index contributed by atoms with van der Waals surface area (Å²) >= 11 is 0. The Morgan fingerprint density at radius 1 is 1.59 bits per heavy atom. The molecule has 0 aliphatic carbocycles. The van der Waals surface area contributed by atoms with Crippen molar-refractivity contribution >= 4 is 0 Å². The van der Waals surface area contributed by atoms with Crippen LogP contribution in [-0.4, -0.2) is 18.8 Å². The number of hydrogen-bond donors (Lipinski definition) is 2. The molecule has 1 fully saturated rings. The van der Waals surface area contributed by atoms with Gasteiger partial charge in [0, 0.05) is 11.6 Å². The lowest BCUT2D eigenvalue weighted by atomic mass is 9.99. The van der Waals surface area contributed by atoms with Gasteiger partial charge in [-0.05, 0) is 37.4 Å². The van der Waals surface area contributed by atoms with Crippen LogP contribution < -0.4 is 10.1 Å². The Morgan fingerprint density at radius 3 is 2.88 bits per heavy atom. The molecule has 1 aliphatic heterocycles. The Bertz CT molecular complexity index is 414. The molecular formula is C13H18FNO2. The van der Waals surface area contributed by atoms with Crippen LogP contribution in [0.5, 0.6) is 11.5 Å². The number of hydrogen-bond acceptors (Lipinski definition) is 3. The van der Waals surface area contributed by atoms with Gasteiger partial charge in [-0.3, -0.25) is 0 Å². The van der Waals surface area contributed by atoms with E-state index >= 15 is 0 Å². The number of phenols is 1. The van der Waals surface area contributed by atoms with Gasteiger partial charge >= 0.3 is 0 Å². The minimum absolute atomic E-state index is 0.0562. The fourth-order valence-corrected chi connectivity index (χ4v) is 2.40. The summed E-state index contributed by atoms with van der Waals surface area (Å²) in [7, 11) is 1.42. The molecule has 17 heavy (non-hydrogen) atoms. The predicted molar refractivity (Wildman–Crippen MR) is 64.0 cm³/mol.